The predicted octanol–water partition coefficient (Wildman–Crippen LogP) is 1.13. The van der Waals surface area contributed by atoms with Gasteiger partial charge in [0.1, 0.15) is 0 Å². The zero-order chi connectivity index (χ0) is 20.2. The second-order valence-corrected chi connectivity index (χ2v) is 6.50. The minimum Gasteiger partial charge on any atom is -0.379 e. The summed E-state index contributed by atoms with van der Waals surface area (Å²) in [5.74, 6) is 0.534. The molecular weight excluding hydrogens is 352 g/mol. The molecule has 0 aliphatic carbocycles. The summed E-state index contributed by atoms with van der Waals surface area (Å²) in [4.78, 5) is 22.7. The van der Waals surface area contributed by atoms with Crippen LogP contribution in [-0.2, 0) is 28.5 Å². The van der Waals surface area contributed by atoms with Crippen LogP contribution in [0.25, 0.3) is 0 Å². The fraction of sp³-hybridized carbons (Fsp3) is 0.895. The van der Waals surface area contributed by atoms with Crippen LogP contribution < -0.4 is 10.6 Å². The molecule has 0 aromatic carbocycles. The first-order valence-corrected chi connectivity index (χ1v) is 9.90. The molecule has 0 spiro atoms. The summed E-state index contributed by atoms with van der Waals surface area (Å²) in [6.45, 7) is 11.1. The zero-order valence-electron chi connectivity index (χ0n) is 17.2. The van der Waals surface area contributed by atoms with Crippen molar-refractivity contribution >= 4 is 11.8 Å². The Hall–Kier alpha value is -1.22. The van der Waals surface area contributed by atoms with Crippen molar-refractivity contribution in [3.05, 3.63) is 0 Å². The number of hydrogen-bond acceptors (Lipinski definition) is 6. The molecule has 0 aliphatic rings. The van der Waals surface area contributed by atoms with Gasteiger partial charge in [0.15, 0.2) is 0 Å². The van der Waals surface area contributed by atoms with Crippen molar-refractivity contribution in [2.24, 2.45) is 5.92 Å². The minimum absolute atomic E-state index is 0.0172. The average molecular weight is 391 g/mol. The van der Waals surface area contributed by atoms with E-state index in [0.29, 0.717) is 84.7 Å². The number of nitrogens with one attached hydrogen (secondary N) is 2. The monoisotopic (exact) mass is 390 g/mol. The number of hydrogen-bond donors (Lipinski definition) is 2. The van der Waals surface area contributed by atoms with Crippen molar-refractivity contribution in [1.82, 2.24) is 10.6 Å². The van der Waals surface area contributed by atoms with Gasteiger partial charge in [0.2, 0.25) is 11.8 Å². The highest BCUT2D eigenvalue weighted by molar-refractivity contribution is 5.76. The molecule has 27 heavy (non-hydrogen) atoms. The summed E-state index contributed by atoms with van der Waals surface area (Å²) >= 11 is 0. The van der Waals surface area contributed by atoms with Crippen LogP contribution in [0.4, 0.5) is 0 Å². The van der Waals surface area contributed by atoms with E-state index >= 15 is 0 Å². The second-order valence-electron chi connectivity index (χ2n) is 6.50. The maximum absolute atomic E-state index is 11.5. The number of carbonyl (C=O) groups excluding carboxylic acids is 2. The van der Waals surface area contributed by atoms with Gasteiger partial charge >= 0.3 is 0 Å². The van der Waals surface area contributed by atoms with E-state index in [9.17, 15) is 9.59 Å². The largest absolute Gasteiger partial charge is 0.379 e. The fourth-order valence-electron chi connectivity index (χ4n) is 1.91. The molecule has 0 saturated carbocycles. The Morgan fingerprint density at radius 2 is 1.19 bits per heavy atom. The molecule has 0 rings (SSSR count). The first kappa shape index (κ1) is 25.8. The van der Waals surface area contributed by atoms with E-state index in [0.717, 1.165) is 6.42 Å². The van der Waals surface area contributed by atoms with Crippen LogP contribution in [0.15, 0.2) is 0 Å². The Kier molecular flexibility index (Phi) is 18.7. The molecule has 0 saturated heterocycles. The van der Waals surface area contributed by atoms with Crippen molar-refractivity contribution in [3.63, 3.8) is 0 Å². The second kappa shape index (κ2) is 19.5. The highest BCUT2D eigenvalue weighted by atomic mass is 16.6. The van der Waals surface area contributed by atoms with Crippen LogP contribution in [0.3, 0.4) is 0 Å². The molecule has 0 aromatic rings. The van der Waals surface area contributed by atoms with Gasteiger partial charge in [-0.05, 0) is 12.3 Å². The molecule has 0 heterocycles. The Morgan fingerprint density at radius 1 is 0.704 bits per heavy atom. The van der Waals surface area contributed by atoms with Crippen LogP contribution in [-0.4, -0.2) is 77.8 Å². The lowest BCUT2D eigenvalue weighted by molar-refractivity contribution is -0.122. The van der Waals surface area contributed by atoms with Gasteiger partial charge in [-0.25, -0.2) is 0 Å². The normalized spacial score (nSPS) is 11.0. The predicted molar refractivity (Wildman–Crippen MR) is 104 cm³/mol. The topological polar surface area (TPSA) is 95.1 Å². The van der Waals surface area contributed by atoms with E-state index in [-0.39, 0.29) is 11.8 Å². The highest BCUT2D eigenvalue weighted by Gasteiger charge is 2.02. The highest BCUT2D eigenvalue weighted by Crippen LogP contribution is 1.90. The van der Waals surface area contributed by atoms with Gasteiger partial charge in [0, 0.05) is 25.9 Å². The summed E-state index contributed by atoms with van der Waals surface area (Å²) < 4.78 is 21.4. The Balaban J connectivity index is 3.15. The van der Waals surface area contributed by atoms with Crippen LogP contribution >= 0.6 is 0 Å². The summed E-state index contributed by atoms with van der Waals surface area (Å²) in [5.41, 5.74) is 0. The van der Waals surface area contributed by atoms with Gasteiger partial charge < -0.3 is 29.6 Å². The van der Waals surface area contributed by atoms with Gasteiger partial charge in [-0.1, -0.05) is 20.8 Å². The van der Waals surface area contributed by atoms with Gasteiger partial charge in [-0.15, -0.1) is 0 Å². The Bertz CT molecular complexity index is 366. The van der Waals surface area contributed by atoms with Crippen LogP contribution in [0.5, 0.6) is 0 Å². The average Bonchev–Trinajstić information content (AvgIpc) is 2.63. The molecule has 0 bridgehead atoms. The molecule has 0 atom stereocenters. The van der Waals surface area contributed by atoms with Crippen LogP contribution in [0.2, 0.25) is 0 Å². The fourth-order valence-corrected chi connectivity index (χ4v) is 1.91. The molecule has 0 unspecified atom stereocenters. The minimum atomic E-state index is 0.0172. The standard InChI is InChI=1S/C19H38N2O6/c1-4-5-18(22)20-7-9-25-11-13-27-15-14-26-12-10-24-8-6-19(23)21-16-17(2)3/h17H,4-16H2,1-3H3,(H,20,22)(H,21,23). The van der Waals surface area contributed by atoms with E-state index in [1.165, 1.54) is 0 Å². The Labute approximate surface area is 163 Å². The third-order valence-corrected chi connectivity index (χ3v) is 3.34. The first-order valence-electron chi connectivity index (χ1n) is 9.90. The third kappa shape index (κ3) is 20.9. The number of ether oxygens (including phenoxy) is 4. The van der Waals surface area contributed by atoms with E-state index in [2.05, 4.69) is 24.5 Å². The third-order valence-electron chi connectivity index (χ3n) is 3.34. The van der Waals surface area contributed by atoms with E-state index in [4.69, 9.17) is 18.9 Å². The summed E-state index contributed by atoms with van der Waals surface area (Å²) in [5, 5.41) is 5.62. The smallest absolute Gasteiger partial charge is 0.222 e. The lowest BCUT2D eigenvalue weighted by Gasteiger charge is -2.09. The van der Waals surface area contributed by atoms with E-state index in [1.54, 1.807) is 0 Å². The lowest BCUT2D eigenvalue weighted by atomic mass is 10.2. The maximum atomic E-state index is 11.5. The van der Waals surface area contributed by atoms with Crippen molar-refractivity contribution in [2.45, 2.75) is 40.0 Å². The van der Waals surface area contributed by atoms with E-state index < -0.39 is 0 Å². The van der Waals surface area contributed by atoms with Crippen molar-refractivity contribution in [1.29, 1.82) is 0 Å². The van der Waals surface area contributed by atoms with Gasteiger partial charge in [-0.2, -0.15) is 0 Å². The molecule has 160 valence electrons. The zero-order valence-corrected chi connectivity index (χ0v) is 17.2. The molecule has 0 radical (unpaired) electrons. The molecule has 2 N–H and O–H groups in total. The molecular formula is C19H38N2O6. The summed E-state index contributed by atoms with van der Waals surface area (Å²) in [7, 11) is 0. The number of amides is 2. The van der Waals surface area contributed by atoms with Crippen molar-refractivity contribution < 1.29 is 28.5 Å². The molecule has 8 nitrogen and oxygen atoms in total. The summed E-state index contributed by atoms with van der Waals surface area (Å²) in [6, 6.07) is 0. The molecule has 2 amide bonds. The summed E-state index contributed by atoms with van der Waals surface area (Å²) in [6.07, 6.45) is 1.78. The molecule has 0 aromatic heterocycles. The SMILES string of the molecule is CCCC(=O)NCCOCCOCCOCCOCCC(=O)NCC(C)C. The van der Waals surface area contributed by atoms with Crippen LogP contribution in [0, 0.1) is 5.92 Å². The lowest BCUT2D eigenvalue weighted by Crippen LogP contribution is -2.28. The number of carbonyl (C=O) groups is 2. The van der Waals surface area contributed by atoms with Crippen molar-refractivity contribution in [3.8, 4) is 0 Å². The van der Waals surface area contributed by atoms with Crippen molar-refractivity contribution in [2.75, 3.05) is 65.9 Å². The first-order chi connectivity index (χ1) is 13.1. The molecule has 0 aliphatic heterocycles. The quantitative estimate of drug-likeness (QED) is 0.321. The maximum Gasteiger partial charge on any atom is 0.222 e. The number of rotatable bonds is 19. The Morgan fingerprint density at radius 3 is 1.70 bits per heavy atom. The van der Waals surface area contributed by atoms with Gasteiger partial charge in [0.25, 0.3) is 0 Å². The van der Waals surface area contributed by atoms with Gasteiger partial charge in [-0.3, -0.25) is 9.59 Å². The molecule has 8 heteroatoms. The van der Waals surface area contributed by atoms with Gasteiger partial charge in [0.05, 0.1) is 52.9 Å². The van der Waals surface area contributed by atoms with E-state index in [1.807, 2.05) is 6.92 Å². The van der Waals surface area contributed by atoms with Crippen LogP contribution in [0.1, 0.15) is 40.0 Å². The molecule has 0 fully saturated rings.